The molecule has 2 aromatic rings. The number of thiocarbonyl (C=S) groups is 1. The Morgan fingerprint density at radius 2 is 2.00 bits per heavy atom. The number of aryl methyl sites for hydroxylation is 1. The van der Waals surface area contributed by atoms with Gasteiger partial charge >= 0.3 is 0 Å². The summed E-state index contributed by atoms with van der Waals surface area (Å²) < 4.78 is 5.42. The third-order valence-electron chi connectivity index (χ3n) is 2.91. The van der Waals surface area contributed by atoms with E-state index in [1.807, 2.05) is 44.2 Å². The molecule has 0 atom stereocenters. The third-order valence-corrected chi connectivity index (χ3v) is 3.16. The van der Waals surface area contributed by atoms with E-state index in [0.717, 1.165) is 17.1 Å². The lowest BCUT2D eigenvalue weighted by Crippen LogP contribution is -2.31. The van der Waals surface area contributed by atoms with Gasteiger partial charge in [0.05, 0.1) is 13.2 Å². The lowest BCUT2D eigenvalue weighted by molar-refractivity contribution is 0.300. The fourth-order valence-corrected chi connectivity index (χ4v) is 2.15. The van der Waals surface area contributed by atoms with Crippen molar-refractivity contribution in [3.05, 3.63) is 36.0 Å². The highest BCUT2D eigenvalue weighted by molar-refractivity contribution is 7.80. The van der Waals surface area contributed by atoms with Gasteiger partial charge < -0.3 is 25.8 Å². The van der Waals surface area contributed by atoms with E-state index in [2.05, 4.69) is 25.9 Å². The molecule has 0 aliphatic heterocycles. The second kappa shape index (κ2) is 8.99. The number of aromatic nitrogens is 2. The minimum absolute atomic E-state index is 0.00103. The first-order valence-corrected chi connectivity index (χ1v) is 8.03. The molecule has 0 fully saturated rings. The fraction of sp³-hybridized carbons (Fsp3) is 0.312. The van der Waals surface area contributed by atoms with Gasteiger partial charge in [-0.3, -0.25) is 0 Å². The molecule has 24 heavy (non-hydrogen) atoms. The van der Waals surface area contributed by atoms with E-state index in [4.69, 9.17) is 22.1 Å². The molecule has 4 N–H and O–H groups in total. The molecule has 8 heteroatoms. The quantitative estimate of drug-likeness (QED) is 0.567. The van der Waals surface area contributed by atoms with Crippen molar-refractivity contribution < 1.29 is 9.84 Å². The molecule has 0 aliphatic carbocycles. The Bertz CT molecular complexity index is 679. The lowest BCUT2D eigenvalue weighted by Gasteiger charge is -2.11. The monoisotopic (exact) mass is 347 g/mol. The highest BCUT2D eigenvalue weighted by atomic mass is 32.1. The van der Waals surface area contributed by atoms with Crippen LogP contribution in [-0.4, -0.2) is 39.9 Å². The van der Waals surface area contributed by atoms with Crippen LogP contribution in [0.4, 0.5) is 17.5 Å². The largest absolute Gasteiger partial charge is 0.494 e. The summed E-state index contributed by atoms with van der Waals surface area (Å²) in [6.07, 6.45) is 0. The Morgan fingerprint density at radius 1 is 1.25 bits per heavy atom. The molecule has 0 unspecified atom stereocenters. The predicted molar refractivity (Wildman–Crippen MR) is 99.0 cm³/mol. The molecule has 1 aromatic heterocycles. The van der Waals surface area contributed by atoms with E-state index >= 15 is 0 Å². The van der Waals surface area contributed by atoms with Gasteiger partial charge in [0.15, 0.2) is 5.11 Å². The van der Waals surface area contributed by atoms with Crippen LogP contribution < -0.4 is 20.7 Å². The molecule has 0 bridgehead atoms. The Balaban J connectivity index is 2.06. The molecule has 2 rings (SSSR count). The first kappa shape index (κ1) is 17.9. The van der Waals surface area contributed by atoms with Crippen LogP contribution in [0.3, 0.4) is 0 Å². The van der Waals surface area contributed by atoms with E-state index in [1.165, 1.54) is 0 Å². The van der Waals surface area contributed by atoms with E-state index < -0.39 is 0 Å². The van der Waals surface area contributed by atoms with E-state index in [0.29, 0.717) is 30.0 Å². The number of aliphatic hydroxyl groups is 1. The second-order valence-electron chi connectivity index (χ2n) is 4.91. The predicted octanol–water partition coefficient (Wildman–Crippen LogP) is 2.21. The van der Waals surface area contributed by atoms with Crippen LogP contribution in [0.1, 0.15) is 12.6 Å². The van der Waals surface area contributed by atoms with E-state index in [1.54, 1.807) is 0 Å². The van der Waals surface area contributed by atoms with Gasteiger partial charge in [0, 0.05) is 24.0 Å². The number of rotatable bonds is 7. The molecule has 7 nitrogen and oxygen atoms in total. The Labute approximate surface area is 146 Å². The number of aliphatic hydroxyl groups excluding tert-OH is 1. The normalized spacial score (nSPS) is 10.1. The maximum absolute atomic E-state index is 8.79. The molecule has 128 valence electrons. The van der Waals surface area contributed by atoms with Crippen molar-refractivity contribution in [3.63, 3.8) is 0 Å². The van der Waals surface area contributed by atoms with Crippen molar-refractivity contribution >= 4 is 34.8 Å². The van der Waals surface area contributed by atoms with Gasteiger partial charge in [-0.1, -0.05) is 0 Å². The highest BCUT2D eigenvalue weighted by Crippen LogP contribution is 2.20. The molecular weight excluding hydrogens is 326 g/mol. The third kappa shape index (κ3) is 5.64. The maximum Gasteiger partial charge on any atom is 0.231 e. The minimum atomic E-state index is 0.00103. The van der Waals surface area contributed by atoms with Crippen molar-refractivity contribution in [2.45, 2.75) is 13.8 Å². The van der Waals surface area contributed by atoms with Gasteiger partial charge in [-0.05, 0) is 50.3 Å². The molecule has 0 amide bonds. The van der Waals surface area contributed by atoms with E-state index in [9.17, 15) is 0 Å². The summed E-state index contributed by atoms with van der Waals surface area (Å²) in [5.74, 6) is 1.86. The first-order valence-electron chi connectivity index (χ1n) is 7.62. The average Bonchev–Trinajstić information content (AvgIpc) is 2.54. The fourth-order valence-electron chi connectivity index (χ4n) is 1.95. The average molecular weight is 347 g/mol. The van der Waals surface area contributed by atoms with Crippen LogP contribution in [0, 0.1) is 6.92 Å². The Morgan fingerprint density at radius 3 is 2.67 bits per heavy atom. The molecule has 0 saturated heterocycles. The molecular formula is C16H21N5O2S. The van der Waals surface area contributed by atoms with Crippen LogP contribution in [0.25, 0.3) is 0 Å². The zero-order valence-electron chi connectivity index (χ0n) is 13.7. The van der Waals surface area contributed by atoms with Crippen LogP contribution in [0.5, 0.6) is 5.75 Å². The SMILES string of the molecule is CCOc1ccc(Nc2cc(C)nc(NC(=S)NCCO)n2)cc1. The molecule has 0 saturated carbocycles. The van der Waals surface area contributed by atoms with Crippen molar-refractivity contribution in [2.24, 2.45) is 0 Å². The number of anilines is 3. The van der Waals surface area contributed by atoms with Gasteiger partial charge in [0.1, 0.15) is 11.6 Å². The number of hydrogen-bond donors (Lipinski definition) is 4. The Kier molecular flexibility index (Phi) is 6.71. The topological polar surface area (TPSA) is 91.3 Å². The van der Waals surface area contributed by atoms with Crippen molar-refractivity contribution in [2.75, 3.05) is 30.4 Å². The number of hydrogen-bond acceptors (Lipinski definition) is 6. The molecule has 1 aromatic carbocycles. The zero-order valence-corrected chi connectivity index (χ0v) is 14.5. The summed E-state index contributed by atoms with van der Waals surface area (Å²) in [7, 11) is 0. The van der Waals surface area contributed by atoms with Gasteiger partial charge in [-0.2, -0.15) is 4.98 Å². The summed E-state index contributed by atoms with van der Waals surface area (Å²) in [5.41, 5.74) is 1.69. The molecule has 0 aliphatic rings. The van der Waals surface area contributed by atoms with Gasteiger partial charge in [-0.25, -0.2) is 4.98 Å². The maximum atomic E-state index is 8.79. The van der Waals surface area contributed by atoms with Gasteiger partial charge in [0.25, 0.3) is 0 Å². The number of nitrogens with one attached hydrogen (secondary N) is 3. The summed E-state index contributed by atoms with van der Waals surface area (Å²) >= 11 is 5.11. The summed E-state index contributed by atoms with van der Waals surface area (Å²) in [6.45, 7) is 4.83. The van der Waals surface area contributed by atoms with Crippen molar-refractivity contribution in [1.82, 2.24) is 15.3 Å². The molecule has 0 spiro atoms. The van der Waals surface area contributed by atoms with Crippen molar-refractivity contribution in [1.29, 1.82) is 0 Å². The second-order valence-corrected chi connectivity index (χ2v) is 5.31. The summed E-state index contributed by atoms with van der Waals surface area (Å²) in [6, 6.07) is 9.47. The summed E-state index contributed by atoms with van der Waals surface area (Å²) in [4.78, 5) is 8.67. The first-order chi connectivity index (χ1) is 11.6. The van der Waals surface area contributed by atoms with Crippen LogP contribution in [0.2, 0.25) is 0 Å². The highest BCUT2D eigenvalue weighted by Gasteiger charge is 2.05. The van der Waals surface area contributed by atoms with Crippen molar-refractivity contribution in [3.8, 4) is 5.75 Å². The lowest BCUT2D eigenvalue weighted by atomic mass is 10.3. The van der Waals surface area contributed by atoms with Crippen LogP contribution >= 0.6 is 12.2 Å². The van der Waals surface area contributed by atoms with Gasteiger partial charge in [-0.15, -0.1) is 0 Å². The number of ether oxygens (including phenoxy) is 1. The van der Waals surface area contributed by atoms with Crippen LogP contribution in [-0.2, 0) is 0 Å². The van der Waals surface area contributed by atoms with Gasteiger partial charge in [0.2, 0.25) is 5.95 Å². The Hall–Kier alpha value is -2.45. The number of nitrogens with zero attached hydrogens (tertiary/aromatic N) is 2. The van der Waals surface area contributed by atoms with E-state index in [-0.39, 0.29) is 6.61 Å². The summed E-state index contributed by atoms with van der Waals surface area (Å²) in [5, 5.41) is 18.1. The zero-order chi connectivity index (χ0) is 17.4. The smallest absolute Gasteiger partial charge is 0.231 e. The van der Waals surface area contributed by atoms with Crippen LogP contribution in [0.15, 0.2) is 30.3 Å². The molecule has 0 radical (unpaired) electrons. The molecule has 1 heterocycles. The standard InChI is InChI=1S/C16H21N5O2S/c1-3-23-13-6-4-12(5-7-13)19-14-10-11(2)18-15(20-14)21-16(24)17-8-9-22/h4-7,10,22H,3,8-9H2,1-2H3,(H3,17,18,19,20,21,24). The minimum Gasteiger partial charge on any atom is -0.494 e. The number of benzene rings is 1.